The molecule has 0 spiro atoms. The van der Waals surface area contributed by atoms with Crippen LogP contribution in [0.3, 0.4) is 0 Å². The molecule has 2 aromatic rings. The summed E-state index contributed by atoms with van der Waals surface area (Å²) >= 11 is 0. The fourth-order valence-electron chi connectivity index (χ4n) is 5.73. The van der Waals surface area contributed by atoms with Gasteiger partial charge >= 0.3 is 0 Å². The van der Waals surface area contributed by atoms with Gasteiger partial charge in [-0.25, -0.2) is 9.97 Å². The van der Waals surface area contributed by atoms with Gasteiger partial charge in [-0.2, -0.15) is 0 Å². The molecular weight excluding hydrogens is 412 g/mol. The number of carbonyl (C=O) groups is 2. The van der Waals surface area contributed by atoms with E-state index in [1.807, 2.05) is 28.0 Å². The first kappa shape index (κ1) is 22.1. The highest BCUT2D eigenvalue weighted by atomic mass is 16.2. The molecule has 5 rings (SSSR count). The lowest BCUT2D eigenvalue weighted by molar-refractivity contribution is -0.132. The van der Waals surface area contributed by atoms with Crippen LogP contribution in [-0.4, -0.2) is 45.8 Å². The molecule has 0 atom stereocenters. The number of nitrogens with zero attached hydrogens (tertiary/aromatic N) is 4. The second-order valence-corrected chi connectivity index (χ2v) is 9.81. The molecule has 2 amide bonds. The summed E-state index contributed by atoms with van der Waals surface area (Å²) in [6.07, 6.45) is 8.96. The topological polar surface area (TPSA) is 66.4 Å². The quantitative estimate of drug-likeness (QED) is 0.685. The number of amides is 2. The largest absolute Gasteiger partial charge is 0.343 e. The average Bonchev–Trinajstić information content (AvgIpc) is 3.37. The molecule has 2 aliphatic heterocycles. The zero-order valence-corrected chi connectivity index (χ0v) is 19.6. The van der Waals surface area contributed by atoms with Gasteiger partial charge in [0.05, 0.1) is 0 Å². The summed E-state index contributed by atoms with van der Waals surface area (Å²) in [4.78, 5) is 39.5. The first-order valence-corrected chi connectivity index (χ1v) is 12.6. The van der Waals surface area contributed by atoms with E-state index in [0.717, 1.165) is 74.5 Å². The van der Waals surface area contributed by atoms with Crippen LogP contribution < -0.4 is 4.90 Å². The molecule has 6 nitrogen and oxygen atoms in total. The van der Waals surface area contributed by atoms with Gasteiger partial charge in [-0.05, 0) is 51.0 Å². The molecule has 174 valence electrons. The number of hydrogen-bond donors (Lipinski definition) is 0. The molecule has 3 aliphatic rings. The smallest absolute Gasteiger partial charge is 0.228 e. The van der Waals surface area contributed by atoms with Crippen LogP contribution in [0.5, 0.6) is 0 Å². The van der Waals surface area contributed by atoms with E-state index in [9.17, 15) is 9.59 Å². The van der Waals surface area contributed by atoms with E-state index in [4.69, 9.17) is 9.97 Å². The standard InChI is InChI=1S/C27H34N4O2/c1-19-23-12-14-25(33)31(22-9-5-6-10-22)27(23)29-26(28-19)21-15-17-30(18-16-21)24(32)13-11-20-7-3-2-4-8-20/h2-4,7-8,21-22H,5-6,9-18H2,1H3. The van der Waals surface area contributed by atoms with Crippen molar-refractivity contribution in [2.75, 3.05) is 18.0 Å². The van der Waals surface area contributed by atoms with Crippen LogP contribution >= 0.6 is 0 Å². The number of hydrogen-bond acceptors (Lipinski definition) is 4. The summed E-state index contributed by atoms with van der Waals surface area (Å²) in [5.41, 5.74) is 3.38. The third-order valence-electron chi connectivity index (χ3n) is 7.67. The number of anilines is 1. The van der Waals surface area contributed by atoms with Crippen molar-refractivity contribution in [3.63, 3.8) is 0 Å². The van der Waals surface area contributed by atoms with E-state index < -0.39 is 0 Å². The van der Waals surface area contributed by atoms with E-state index in [2.05, 4.69) is 19.1 Å². The normalized spacial score (nSPS) is 19.7. The van der Waals surface area contributed by atoms with Crippen molar-refractivity contribution in [2.24, 2.45) is 0 Å². The van der Waals surface area contributed by atoms with Gasteiger partial charge in [-0.15, -0.1) is 0 Å². The van der Waals surface area contributed by atoms with Crippen molar-refractivity contribution in [3.8, 4) is 0 Å². The average molecular weight is 447 g/mol. The van der Waals surface area contributed by atoms with Gasteiger partial charge in [0.2, 0.25) is 11.8 Å². The number of piperidine rings is 1. The second kappa shape index (κ2) is 9.62. The van der Waals surface area contributed by atoms with Crippen molar-refractivity contribution >= 4 is 17.6 Å². The van der Waals surface area contributed by atoms with Gasteiger partial charge in [-0.3, -0.25) is 14.5 Å². The van der Waals surface area contributed by atoms with Gasteiger partial charge in [0.1, 0.15) is 11.6 Å². The van der Waals surface area contributed by atoms with Gasteiger partial charge in [0.15, 0.2) is 0 Å². The van der Waals surface area contributed by atoms with Crippen molar-refractivity contribution in [3.05, 3.63) is 53.0 Å². The fraction of sp³-hybridized carbons (Fsp3) is 0.556. The minimum atomic E-state index is 0.220. The van der Waals surface area contributed by atoms with Crippen molar-refractivity contribution in [1.82, 2.24) is 14.9 Å². The Labute approximate surface area is 196 Å². The maximum absolute atomic E-state index is 12.8. The Morgan fingerprint density at radius 3 is 2.45 bits per heavy atom. The van der Waals surface area contributed by atoms with Crippen LogP contribution in [0.15, 0.2) is 30.3 Å². The molecule has 1 aliphatic carbocycles. The van der Waals surface area contributed by atoms with E-state index in [0.29, 0.717) is 18.9 Å². The SMILES string of the molecule is Cc1nc(C2CCN(C(=O)CCc3ccccc3)CC2)nc2c1CCC(=O)N2C1CCCC1. The van der Waals surface area contributed by atoms with Crippen LogP contribution in [0.4, 0.5) is 5.82 Å². The molecule has 0 N–H and O–H groups in total. The van der Waals surface area contributed by atoms with Crippen molar-refractivity contribution in [2.45, 2.75) is 83.1 Å². The third-order valence-corrected chi connectivity index (χ3v) is 7.67. The molecular formula is C27H34N4O2. The minimum absolute atomic E-state index is 0.220. The Morgan fingerprint density at radius 2 is 1.73 bits per heavy atom. The summed E-state index contributed by atoms with van der Waals surface area (Å²) in [5, 5.41) is 0. The summed E-state index contributed by atoms with van der Waals surface area (Å²) in [7, 11) is 0. The zero-order chi connectivity index (χ0) is 22.8. The monoisotopic (exact) mass is 446 g/mol. The van der Waals surface area contributed by atoms with Gasteiger partial charge in [-0.1, -0.05) is 43.2 Å². The van der Waals surface area contributed by atoms with E-state index in [1.54, 1.807) is 0 Å². The number of carbonyl (C=O) groups excluding carboxylic acids is 2. The molecule has 1 aromatic carbocycles. The third kappa shape index (κ3) is 4.66. The highest BCUT2D eigenvalue weighted by molar-refractivity contribution is 5.96. The first-order chi connectivity index (χ1) is 16.1. The minimum Gasteiger partial charge on any atom is -0.343 e. The van der Waals surface area contributed by atoms with Crippen molar-refractivity contribution < 1.29 is 9.59 Å². The van der Waals surface area contributed by atoms with Crippen molar-refractivity contribution in [1.29, 1.82) is 0 Å². The lowest BCUT2D eigenvalue weighted by Gasteiger charge is -2.35. The van der Waals surface area contributed by atoms with E-state index in [1.165, 1.54) is 18.4 Å². The number of aromatic nitrogens is 2. The number of likely N-dealkylation sites (tertiary alicyclic amines) is 1. The maximum Gasteiger partial charge on any atom is 0.228 e. The Hall–Kier alpha value is -2.76. The van der Waals surface area contributed by atoms with Crippen LogP contribution in [-0.2, 0) is 22.4 Å². The number of rotatable bonds is 5. The summed E-state index contributed by atoms with van der Waals surface area (Å²) in [6.45, 7) is 3.57. The molecule has 33 heavy (non-hydrogen) atoms. The van der Waals surface area contributed by atoms with Gasteiger partial charge in [0, 0.05) is 49.1 Å². The lowest BCUT2D eigenvalue weighted by atomic mass is 9.94. The molecule has 1 saturated carbocycles. The fourth-order valence-corrected chi connectivity index (χ4v) is 5.73. The van der Waals surface area contributed by atoms with Crippen LogP contribution in [0.2, 0.25) is 0 Å². The molecule has 3 heterocycles. The van der Waals surface area contributed by atoms with Crippen LogP contribution in [0, 0.1) is 6.92 Å². The van der Waals surface area contributed by atoms with Gasteiger partial charge in [0.25, 0.3) is 0 Å². The highest BCUT2D eigenvalue weighted by Gasteiger charge is 2.35. The van der Waals surface area contributed by atoms with E-state index >= 15 is 0 Å². The second-order valence-electron chi connectivity index (χ2n) is 9.81. The van der Waals surface area contributed by atoms with E-state index in [-0.39, 0.29) is 17.7 Å². The molecule has 1 aromatic heterocycles. The Bertz CT molecular complexity index is 1010. The summed E-state index contributed by atoms with van der Waals surface area (Å²) < 4.78 is 0. The number of aryl methyl sites for hydroxylation is 2. The van der Waals surface area contributed by atoms with Gasteiger partial charge < -0.3 is 4.90 Å². The Balaban J connectivity index is 1.26. The molecule has 2 fully saturated rings. The Kier molecular flexibility index (Phi) is 6.43. The predicted molar refractivity (Wildman–Crippen MR) is 128 cm³/mol. The summed E-state index contributed by atoms with van der Waals surface area (Å²) in [5.74, 6) is 2.44. The van der Waals surface area contributed by atoms with Crippen LogP contribution in [0.25, 0.3) is 0 Å². The molecule has 6 heteroatoms. The lowest BCUT2D eigenvalue weighted by Crippen LogP contribution is -2.43. The number of benzene rings is 1. The zero-order valence-electron chi connectivity index (χ0n) is 19.6. The molecule has 1 saturated heterocycles. The molecule has 0 bridgehead atoms. The Morgan fingerprint density at radius 1 is 1.00 bits per heavy atom. The first-order valence-electron chi connectivity index (χ1n) is 12.6. The molecule has 0 radical (unpaired) electrons. The maximum atomic E-state index is 12.8. The summed E-state index contributed by atoms with van der Waals surface area (Å²) in [6, 6.07) is 10.5. The van der Waals surface area contributed by atoms with Crippen LogP contribution in [0.1, 0.15) is 79.9 Å². The molecule has 0 unspecified atom stereocenters. The predicted octanol–water partition coefficient (Wildman–Crippen LogP) is 4.35. The number of fused-ring (bicyclic) bond motifs is 1. The highest BCUT2D eigenvalue weighted by Crippen LogP contribution is 2.36.